The molecule has 0 heterocycles. The molecule has 0 radical (unpaired) electrons. The summed E-state index contributed by atoms with van der Waals surface area (Å²) in [6.07, 6.45) is 0. The van der Waals surface area contributed by atoms with Crippen LogP contribution in [0.5, 0.6) is 0 Å². The summed E-state index contributed by atoms with van der Waals surface area (Å²) in [5.41, 5.74) is 0. The number of hydrogen-bond acceptors (Lipinski definition) is 4. The first-order chi connectivity index (χ1) is 6.32. The highest BCUT2D eigenvalue weighted by atomic mass is 127. The van der Waals surface area contributed by atoms with Crippen molar-refractivity contribution in [3.05, 3.63) is 26.2 Å². The van der Waals surface area contributed by atoms with Gasteiger partial charge in [0.25, 0.3) is 0 Å². The Balaban J connectivity index is 3.62. The van der Waals surface area contributed by atoms with Crippen LogP contribution in [-0.2, 0) is 16.2 Å². The Labute approximate surface area is 96.0 Å². The van der Waals surface area contributed by atoms with Gasteiger partial charge in [-0.3, -0.25) is 0 Å². The van der Waals surface area contributed by atoms with Crippen LogP contribution in [0, 0.1) is 3.57 Å². The second-order valence-corrected chi connectivity index (χ2v) is 7.19. The van der Waals surface area contributed by atoms with E-state index in [1.807, 2.05) is 0 Å². The highest BCUT2D eigenvalue weighted by Gasteiger charge is 2.17. The molecule has 1 aromatic carbocycles. The SMILES string of the molecule is NS(=O)(=O)c1cc(Br)ccc1I(=O)=O. The lowest BCUT2D eigenvalue weighted by Crippen LogP contribution is -2.13. The Hall–Kier alpha value is -0.0600. The molecule has 2 N–H and O–H groups in total. The fourth-order valence-electron chi connectivity index (χ4n) is 0.823. The number of nitrogens with two attached hydrogens (primary N) is 1. The number of sulfonamides is 1. The molecule has 0 aliphatic rings. The molecule has 0 atom stereocenters. The van der Waals surface area contributed by atoms with Gasteiger partial charge in [-0.2, -0.15) is 0 Å². The summed E-state index contributed by atoms with van der Waals surface area (Å²) in [4.78, 5) is -0.359. The van der Waals surface area contributed by atoms with Gasteiger partial charge in [-0.25, -0.2) is 19.7 Å². The Bertz CT molecular complexity index is 529. The lowest BCUT2D eigenvalue weighted by Gasteiger charge is -2.00. The minimum absolute atomic E-state index is 0.208. The molecular weight excluding hydrogens is 389 g/mol. The van der Waals surface area contributed by atoms with Gasteiger partial charge >= 0.3 is 19.8 Å². The fraction of sp³-hybridized carbons (Fsp3) is 0. The lowest BCUT2D eigenvalue weighted by atomic mass is 10.4. The highest BCUT2D eigenvalue weighted by Crippen LogP contribution is 2.27. The monoisotopic (exact) mass is 393 g/mol. The van der Waals surface area contributed by atoms with Crippen molar-refractivity contribution in [2.75, 3.05) is 0 Å². The van der Waals surface area contributed by atoms with Crippen molar-refractivity contribution < 1.29 is 14.6 Å². The van der Waals surface area contributed by atoms with Gasteiger partial charge in [0.05, 0.1) is 3.57 Å². The Morgan fingerprint density at radius 1 is 1.29 bits per heavy atom. The smallest absolute Gasteiger partial charge is 0.230 e. The zero-order valence-electron chi connectivity index (χ0n) is 6.61. The van der Waals surface area contributed by atoms with E-state index in [-0.39, 0.29) is 8.47 Å². The molecule has 0 fully saturated rings. The van der Waals surface area contributed by atoms with Crippen LogP contribution in [0.2, 0.25) is 0 Å². The van der Waals surface area contributed by atoms with Gasteiger partial charge in [0.1, 0.15) is 4.90 Å². The maximum absolute atomic E-state index is 11.0. The topological polar surface area (TPSA) is 94.3 Å². The van der Waals surface area contributed by atoms with E-state index in [2.05, 4.69) is 15.9 Å². The number of hydrogen-bond donors (Lipinski definition) is 1. The molecule has 0 aromatic heterocycles. The first-order valence-corrected chi connectivity index (χ1v) is 8.38. The normalized spacial score (nSPS) is 11.9. The maximum Gasteiger partial charge on any atom is 0.342 e. The number of halogens is 2. The molecule has 0 saturated heterocycles. The third kappa shape index (κ3) is 2.72. The highest BCUT2D eigenvalue weighted by molar-refractivity contribution is 14.2. The van der Waals surface area contributed by atoms with Crippen LogP contribution < -0.4 is 5.14 Å². The fourth-order valence-corrected chi connectivity index (χ4v) is 4.37. The van der Waals surface area contributed by atoms with Gasteiger partial charge in [0, 0.05) is 4.47 Å². The predicted molar refractivity (Wildman–Crippen MR) is 59.6 cm³/mol. The van der Waals surface area contributed by atoms with Crippen LogP contribution in [0.1, 0.15) is 0 Å². The quantitative estimate of drug-likeness (QED) is 0.769. The Morgan fingerprint density at radius 2 is 1.86 bits per heavy atom. The van der Waals surface area contributed by atoms with Crippen molar-refractivity contribution in [2.24, 2.45) is 5.14 Å². The van der Waals surface area contributed by atoms with Crippen LogP contribution >= 0.6 is 35.7 Å². The largest absolute Gasteiger partial charge is 0.342 e. The second kappa shape index (κ2) is 4.21. The van der Waals surface area contributed by atoms with E-state index in [0.29, 0.717) is 4.47 Å². The Kier molecular flexibility index (Phi) is 3.61. The lowest BCUT2D eigenvalue weighted by molar-refractivity contribution is 0.595. The van der Waals surface area contributed by atoms with E-state index in [1.165, 1.54) is 18.2 Å². The zero-order valence-corrected chi connectivity index (χ0v) is 11.2. The van der Waals surface area contributed by atoms with Crippen molar-refractivity contribution in [3.8, 4) is 0 Å². The van der Waals surface area contributed by atoms with Gasteiger partial charge in [-0.05, 0) is 18.2 Å². The van der Waals surface area contributed by atoms with Crippen LogP contribution in [0.15, 0.2) is 27.6 Å². The van der Waals surface area contributed by atoms with Crippen molar-refractivity contribution in [1.82, 2.24) is 0 Å². The predicted octanol–water partition coefficient (Wildman–Crippen LogP) is 1.46. The minimum Gasteiger partial charge on any atom is -0.230 e. The molecule has 0 spiro atoms. The summed E-state index contributed by atoms with van der Waals surface area (Å²) < 4.78 is 43.8. The standard InChI is InChI=1S/C6H5BrINO4S/c7-4-1-2-5(8(10)11)6(3-4)14(9,12)13/h1-3H,(H2,9,12,13). The van der Waals surface area contributed by atoms with E-state index in [0.717, 1.165) is 0 Å². The molecule has 0 bridgehead atoms. The molecule has 78 valence electrons. The zero-order chi connectivity index (χ0) is 10.9. The molecule has 0 aliphatic carbocycles. The third-order valence-corrected chi connectivity index (χ3v) is 5.07. The molecule has 0 unspecified atom stereocenters. The summed E-state index contributed by atoms with van der Waals surface area (Å²) >= 11 is -0.804. The summed E-state index contributed by atoms with van der Waals surface area (Å²) in [6.45, 7) is 0. The second-order valence-electron chi connectivity index (χ2n) is 2.34. The molecular formula is C6H5BrINO4S. The molecule has 14 heavy (non-hydrogen) atoms. The summed E-state index contributed by atoms with van der Waals surface area (Å²) in [6, 6.07) is 3.84. The molecule has 0 aliphatic heterocycles. The van der Waals surface area contributed by atoms with Crippen LogP contribution in [0.25, 0.3) is 0 Å². The minimum atomic E-state index is -3.99. The van der Waals surface area contributed by atoms with Gasteiger partial charge in [-0.1, -0.05) is 15.9 Å². The Morgan fingerprint density at radius 3 is 2.29 bits per heavy atom. The average Bonchev–Trinajstić information content (AvgIpc) is 2.01. The van der Waals surface area contributed by atoms with E-state index in [1.54, 1.807) is 0 Å². The number of primary sulfonamides is 1. The summed E-state index contributed by atoms with van der Waals surface area (Å²) in [7, 11) is -3.99. The van der Waals surface area contributed by atoms with Gasteiger partial charge in [0.15, 0.2) is 0 Å². The number of benzene rings is 1. The first kappa shape index (κ1) is 12.0. The van der Waals surface area contributed by atoms with Crippen LogP contribution in [0.4, 0.5) is 0 Å². The van der Waals surface area contributed by atoms with Crippen LogP contribution in [0.3, 0.4) is 0 Å². The summed E-state index contributed by atoms with van der Waals surface area (Å²) in [5, 5.41) is 4.86. The number of rotatable bonds is 2. The molecule has 1 rings (SSSR count). The van der Waals surface area contributed by atoms with Crippen molar-refractivity contribution in [1.29, 1.82) is 0 Å². The third-order valence-electron chi connectivity index (χ3n) is 1.37. The van der Waals surface area contributed by atoms with Gasteiger partial charge in [-0.15, -0.1) is 0 Å². The van der Waals surface area contributed by atoms with Crippen molar-refractivity contribution >= 4 is 45.7 Å². The molecule has 0 amide bonds. The van der Waals surface area contributed by atoms with Gasteiger partial charge in [0.2, 0.25) is 10.0 Å². The van der Waals surface area contributed by atoms with E-state index < -0.39 is 29.8 Å². The molecule has 1 aromatic rings. The average molecular weight is 394 g/mol. The summed E-state index contributed by atoms with van der Waals surface area (Å²) in [5.74, 6) is 0. The molecule has 5 nitrogen and oxygen atoms in total. The molecule has 0 saturated carbocycles. The van der Waals surface area contributed by atoms with Gasteiger partial charge < -0.3 is 0 Å². The van der Waals surface area contributed by atoms with Crippen molar-refractivity contribution in [3.63, 3.8) is 0 Å². The van der Waals surface area contributed by atoms with E-state index >= 15 is 0 Å². The van der Waals surface area contributed by atoms with E-state index in [9.17, 15) is 14.6 Å². The van der Waals surface area contributed by atoms with E-state index in [4.69, 9.17) is 5.14 Å². The first-order valence-electron chi connectivity index (χ1n) is 3.20. The molecule has 8 heteroatoms. The van der Waals surface area contributed by atoms with Crippen LogP contribution in [-0.4, -0.2) is 8.42 Å². The van der Waals surface area contributed by atoms with Crippen molar-refractivity contribution in [2.45, 2.75) is 4.90 Å². The maximum atomic E-state index is 11.0.